The minimum absolute atomic E-state index is 0.891. The molecule has 0 saturated carbocycles. The predicted octanol–water partition coefficient (Wildman–Crippen LogP) is 10.3. The molecule has 6 aromatic carbocycles. The molecule has 0 radical (unpaired) electrons. The van der Waals surface area contributed by atoms with E-state index in [0.717, 1.165) is 56.5 Å². The molecule has 0 spiro atoms. The Labute approximate surface area is 253 Å². The van der Waals surface area contributed by atoms with Gasteiger partial charge in [-0.2, -0.15) is 0 Å². The maximum Gasteiger partial charge on any atom is 0.137 e. The molecule has 212 valence electrons. The molecule has 5 heteroatoms. The molecule has 0 amide bonds. The van der Waals surface area contributed by atoms with Crippen LogP contribution in [0, 0.1) is 0 Å². The second-order valence-electron chi connectivity index (χ2n) is 11.4. The van der Waals surface area contributed by atoms with Gasteiger partial charge in [-0.3, -0.25) is 10.1 Å². The van der Waals surface area contributed by atoms with Gasteiger partial charge in [-0.1, -0.05) is 73.7 Å². The van der Waals surface area contributed by atoms with E-state index in [2.05, 4.69) is 136 Å². The summed E-state index contributed by atoms with van der Waals surface area (Å²) in [5.74, 6) is 0. The summed E-state index contributed by atoms with van der Waals surface area (Å²) in [5.41, 5.74) is 14.7. The van der Waals surface area contributed by atoms with E-state index in [9.17, 15) is 0 Å². The Morgan fingerprint density at radius 2 is 1.30 bits per heavy atom. The fourth-order valence-electron chi connectivity index (χ4n) is 7.05. The number of benzene rings is 6. The molecule has 0 aliphatic heterocycles. The number of hydrogen-bond acceptors (Lipinski definition) is 3. The smallest absolute Gasteiger partial charge is 0.137 e. The molecule has 0 fully saturated rings. The molecule has 9 aromatic rings. The van der Waals surface area contributed by atoms with Gasteiger partial charge in [-0.05, 0) is 60.5 Å². The van der Waals surface area contributed by atoms with Crippen LogP contribution in [0.3, 0.4) is 0 Å². The molecule has 5 nitrogen and oxygen atoms in total. The van der Waals surface area contributed by atoms with Gasteiger partial charge in [-0.15, -0.1) is 0 Å². The van der Waals surface area contributed by atoms with Crippen LogP contribution in [0.2, 0.25) is 0 Å². The zero-order valence-corrected chi connectivity index (χ0v) is 24.6. The fourth-order valence-corrected chi connectivity index (χ4v) is 7.05. The van der Waals surface area contributed by atoms with E-state index in [1.165, 1.54) is 38.1 Å². The van der Waals surface area contributed by atoms with Crippen molar-refractivity contribution < 1.29 is 4.42 Å². The first kappa shape index (κ1) is 24.9. The van der Waals surface area contributed by atoms with Gasteiger partial charge < -0.3 is 14.3 Å². The van der Waals surface area contributed by atoms with Crippen LogP contribution in [0.25, 0.3) is 71.2 Å². The van der Waals surface area contributed by atoms with Crippen molar-refractivity contribution in [2.75, 3.05) is 17.8 Å². The predicted molar refractivity (Wildman–Crippen MR) is 185 cm³/mol. The second-order valence-corrected chi connectivity index (χ2v) is 11.4. The number of para-hydroxylation sites is 5. The van der Waals surface area contributed by atoms with E-state index in [-0.39, 0.29) is 0 Å². The number of rotatable bonds is 5. The standard InChI is InChI=1S/C39H30N4O/c1-3-24-11-10-14-29-31-22-30-26-12-4-8-17-34(26)42(25-19-20-28-27-13-5-9-18-37(27)44-38(28)21-25)35(30)23-36(31)43(39(24)29)41-33-16-7-6-15-32(33)40-2/h4-23,40-41H,3H2,1-2H3. The molecule has 44 heavy (non-hydrogen) atoms. The largest absolute Gasteiger partial charge is 0.456 e. The van der Waals surface area contributed by atoms with Gasteiger partial charge in [0.15, 0.2) is 0 Å². The highest BCUT2D eigenvalue weighted by molar-refractivity contribution is 6.19. The minimum Gasteiger partial charge on any atom is -0.456 e. The zero-order valence-electron chi connectivity index (χ0n) is 24.6. The van der Waals surface area contributed by atoms with E-state index in [1.807, 2.05) is 19.2 Å². The Morgan fingerprint density at radius 1 is 0.568 bits per heavy atom. The van der Waals surface area contributed by atoms with E-state index < -0.39 is 0 Å². The van der Waals surface area contributed by atoms with Crippen LogP contribution in [0.5, 0.6) is 0 Å². The van der Waals surface area contributed by atoms with E-state index in [1.54, 1.807) is 0 Å². The summed E-state index contributed by atoms with van der Waals surface area (Å²) in [6.45, 7) is 2.23. The number of nitrogens with one attached hydrogen (secondary N) is 2. The molecule has 0 aliphatic carbocycles. The Hall–Kier alpha value is -5.68. The van der Waals surface area contributed by atoms with Gasteiger partial charge in [0.05, 0.1) is 33.4 Å². The van der Waals surface area contributed by atoms with Crippen molar-refractivity contribution in [1.29, 1.82) is 0 Å². The van der Waals surface area contributed by atoms with E-state index in [0.29, 0.717) is 0 Å². The van der Waals surface area contributed by atoms with Crippen LogP contribution in [0.15, 0.2) is 126 Å². The molecule has 9 rings (SSSR count). The Kier molecular flexibility index (Phi) is 5.32. The number of fused-ring (bicyclic) bond motifs is 9. The van der Waals surface area contributed by atoms with Gasteiger partial charge in [0.25, 0.3) is 0 Å². The lowest BCUT2D eigenvalue weighted by Gasteiger charge is -2.16. The minimum atomic E-state index is 0.891. The van der Waals surface area contributed by atoms with Crippen molar-refractivity contribution in [3.8, 4) is 5.69 Å². The van der Waals surface area contributed by atoms with Crippen molar-refractivity contribution in [3.63, 3.8) is 0 Å². The summed E-state index contributed by atoms with van der Waals surface area (Å²) in [6.07, 6.45) is 0.940. The van der Waals surface area contributed by atoms with Crippen LogP contribution in [-0.2, 0) is 6.42 Å². The molecule has 3 aromatic heterocycles. The average Bonchev–Trinajstić information content (AvgIpc) is 3.71. The lowest BCUT2D eigenvalue weighted by atomic mass is 10.1. The Balaban J connectivity index is 1.38. The first-order valence-corrected chi connectivity index (χ1v) is 15.2. The average molecular weight is 571 g/mol. The summed E-state index contributed by atoms with van der Waals surface area (Å²) >= 11 is 0. The van der Waals surface area contributed by atoms with Gasteiger partial charge in [0.1, 0.15) is 11.2 Å². The summed E-state index contributed by atoms with van der Waals surface area (Å²) in [5, 5.41) is 10.6. The number of anilines is 2. The fraction of sp³-hybridized carbons (Fsp3) is 0.0769. The molecule has 0 atom stereocenters. The monoisotopic (exact) mass is 570 g/mol. The molecule has 0 aliphatic rings. The number of aromatic nitrogens is 2. The van der Waals surface area contributed by atoms with Crippen LogP contribution >= 0.6 is 0 Å². The second kappa shape index (κ2) is 9.41. The molecule has 3 heterocycles. The molecule has 0 bridgehead atoms. The Morgan fingerprint density at radius 3 is 2.16 bits per heavy atom. The normalized spacial score (nSPS) is 12.0. The first-order chi connectivity index (χ1) is 21.7. The summed E-state index contributed by atoms with van der Waals surface area (Å²) in [4.78, 5) is 0. The van der Waals surface area contributed by atoms with Gasteiger partial charge in [-0.25, -0.2) is 0 Å². The van der Waals surface area contributed by atoms with Crippen LogP contribution in [-0.4, -0.2) is 16.3 Å². The summed E-state index contributed by atoms with van der Waals surface area (Å²) in [6, 6.07) is 43.3. The first-order valence-electron chi connectivity index (χ1n) is 15.2. The van der Waals surface area contributed by atoms with Crippen molar-refractivity contribution in [2.45, 2.75) is 13.3 Å². The summed E-state index contributed by atoms with van der Waals surface area (Å²) < 4.78 is 11.0. The van der Waals surface area contributed by atoms with E-state index >= 15 is 0 Å². The quantitative estimate of drug-likeness (QED) is 0.216. The molecule has 0 unspecified atom stereocenters. The van der Waals surface area contributed by atoms with Crippen LogP contribution in [0.1, 0.15) is 12.5 Å². The number of aryl methyl sites for hydroxylation is 1. The third-order valence-corrected chi connectivity index (χ3v) is 9.09. The van der Waals surface area contributed by atoms with Gasteiger partial charge in [0, 0.05) is 51.1 Å². The van der Waals surface area contributed by atoms with E-state index in [4.69, 9.17) is 4.42 Å². The Bertz CT molecular complexity index is 2560. The maximum absolute atomic E-state index is 6.32. The van der Waals surface area contributed by atoms with Crippen molar-refractivity contribution in [1.82, 2.24) is 9.24 Å². The van der Waals surface area contributed by atoms with Crippen LogP contribution < -0.4 is 10.7 Å². The molecule has 2 N–H and O–H groups in total. The van der Waals surface area contributed by atoms with Crippen molar-refractivity contribution >= 4 is 76.9 Å². The lowest BCUT2D eigenvalue weighted by Crippen LogP contribution is -2.11. The number of furan rings is 1. The SMILES string of the molecule is CCc1cccc2c3cc4c5ccccc5n(-c5ccc6c(c5)oc5ccccc56)c4cc3n(Nc3ccccc3NC)c12. The van der Waals surface area contributed by atoms with Gasteiger partial charge in [0.2, 0.25) is 0 Å². The third kappa shape index (κ3) is 3.47. The topological polar surface area (TPSA) is 47.1 Å². The highest BCUT2D eigenvalue weighted by atomic mass is 16.3. The van der Waals surface area contributed by atoms with Crippen molar-refractivity contribution in [2.24, 2.45) is 0 Å². The highest BCUT2D eigenvalue weighted by Crippen LogP contribution is 2.40. The van der Waals surface area contributed by atoms with Crippen molar-refractivity contribution in [3.05, 3.63) is 127 Å². The number of hydrogen-bond donors (Lipinski definition) is 2. The maximum atomic E-state index is 6.32. The number of nitrogens with zero attached hydrogens (tertiary/aromatic N) is 2. The third-order valence-electron chi connectivity index (χ3n) is 9.09. The van der Waals surface area contributed by atoms with Crippen LogP contribution in [0.4, 0.5) is 11.4 Å². The highest BCUT2D eigenvalue weighted by Gasteiger charge is 2.20. The molecular weight excluding hydrogens is 540 g/mol. The summed E-state index contributed by atoms with van der Waals surface area (Å²) in [7, 11) is 1.96. The van der Waals surface area contributed by atoms with Gasteiger partial charge >= 0.3 is 0 Å². The lowest BCUT2D eigenvalue weighted by molar-refractivity contribution is 0.668. The zero-order chi connectivity index (χ0) is 29.4. The molecule has 0 saturated heterocycles. The molecular formula is C39H30N4O.